The molecule has 0 radical (unpaired) electrons. The van der Waals surface area contributed by atoms with Crippen LogP contribution in [-0.4, -0.2) is 6.29 Å². The molecule has 2 rings (SSSR count). The fourth-order valence-corrected chi connectivity index (χ4v) is 2.65. The van der Waals surface area contributed by atoms with Gasteiger partial charge in [0, 0.05) is 6.42 Å². The van der Waals surface area contributed by atoms with E-state index in [9.17, 15) is 4.79 Å². The fourth-order valence-electron chi connectivity index (χ4n) is 2.65. The number of carbonyl (C=O) groups excluding carboxylic acids is 1. The zero-order chi connectivity index (χ0) is 20.1. The number of benzene rings is 2. The predicted octanol–water partition coefficient (Wildman–Crippen LogP) is 6.72. The molecule has 0 N–H and O–H groups in total. The van der Waals surface area contributed by atoms with Crippen molar-refractivity contribution < 1.29 is 9.45 Å². The maximum absolute atomic E-state index is 10.4. The number of rotatable bonds is 5. The van der Waals surface area contributed by atoms with Gasteiger partial charge in [0.1, 0.15) is 6.29 Å². The summed E-state index contributed by atoms with van der Waals surface area (Å²) in [5, 5.41) is 0. The molecule has 0 aliphatic rings. The van der Waals surface area contributed by atoms with Crippen molar-refractivity contribution in [2.45, 2.75) is 61.3 Å². The van der Waals surface area contributed by atoms with E-state index in [1.54, 1.807) is 0 Å². The Morgan fingerprint density at radius 1 is 0.778 bits per heavy atom. The summed E-state index contributed by atoms with van der Waals surface area (Å²) in [6, 6.07) is 20.9. The molecule has 0 aliphatic carbocycles. The van der Waals surface area contributed by atoms with Crippen LogP contribution >= 0.6 is 0 Å². The molecule has 0 bridgehead atoms. The molecule has 0 spiro atoms. The van der Waals surface area contributed by atoms with Crippen LogP contribution in [0.15, 0.2) is 60.7 Å². The van der Waals surface area contributed by atoms with Crippen LogP contribution in [-0.2, 0) is 22.3 Å². The van der Waals surface area contributed by atoms with E-state index in [1.165, 1.54) is 11.1 Å². The van der Waals surface area contributed by atoms with Crippen molar-refractivity contribution in [3.63, 3.8) is 0 Å². The summed E-state index contributed by atoms with van der Waals surface area (Å²) in [6.07, 6.45) is 3.76. The van der Waals surface area contributed by atoms with Crippen LogP contribution in [0.2, 0.25) is 0 Å². The van der Waals surface area contributed by atoms with Gasteiger partial charge in [-0.2, -0.15) is 0 Å². The van der Waals surface area contributed by atoms with Crippen molar-refractivity contribution in [1.29, 1.82) is 0 Å². The Balaban J connectivity index is 0. The molecular weight excluding hydrogens is 332 g/mol. The number of hydrogen-bond donors (Lipinski definition) is 0. The van der Waals surface area contributed by atoms with Gasteiger partial charge in [0.25, 0.3) is 0 Å². The van der Waals surface area contributed by atoms with Crippen LogP contribution in [0.5, 0.6) is 0 Å². The number of hydrogen-bond acceptors (Lipinski definition) is 1. The number of carbonyl (C=O) groups is 1. The van der Waals surface area contributed by atoms with Gasteiger partial charge in [-0.3, -0.25) is 0 Å². The van der Waals surface area contributed by atoms with Crippen LogP contribution in [0.25, 0.3) is 0 Å². The third-order valence-corrected chi connectivity index (χ3v) is 3.74. The second kappa shape index (κ2) is 14.0. The topological polar surface area (TPSA) is 37.0 Å². The number of aldehydes is 1. The van der Waals surface area contributed by atoms with E-state index in [1.807, 2.05) is 18.2 Å². The van der Waals surface area contributed by atoms with Gasteiger partial charge in [0.05, 0.1) is 0 Å². The van der Waals surface area contributed by atoms with Gasteiger partial charge >= 0.3 is 11.3 Å². The first-order valence-corrected chi connectivity index (χ1v) is 8.94. The zero-order valence-corrected chi connectivity index (χ0v) is 16.8. The van der Waals surface area contributed by atoms with Crippen molar-refractivity contribution in [2.75, 3.05) is 0 Å². The molecule has 148 valence electrons. The average Bonchev–Trinajstić information content (AvgIpc) is 2.57. The van der Waals surface area contributed by atoms with Crippen molar-refractivity contribution >= 4 is 6.29 Å². The molecule has 2 heteroatoms. The molecular formula is C25H36O2. The molecule has 0 heterocycles. The second-order valence-corrected chi connectivity index (χ2v) is 8.42. The zero-order valence-electron chi connectivity index (χ0n) is 16.8. The summed E-state index contributed by atoms with van der Waals surface area (Å²) >= 11 is 0. The summed E-state index contributed by atoms with van der Waals surface area (Å²) in [7, 11) is 0. The van der Waals surface area contributed by atoms with E-state index in [0.29, 0.717) is 11.8 Å². The molecule has 2 aromatic rings. The second-order valence-electron chi connectivity index (χ2n) is 8.42. The van der Waals surface area contributed by atoms with Crippen LogP contribution in [0.4, 0.5) is 0 Å². The quantitative estimate of drug-likeness (QED) is 0.328. The Labute approximate surface area is 166 Å². The summed E-state index contributed by atoms with van der Waals surface area (Å²) < 4.78 is 7.50. The molecule has 0 amide bonds. The first-order chi connectivity index (χ1) is 12.2. The third kappa shape index (κ3) is 14.7. The predicted molar refractivity (Wildman–Crippen MR) is 115 cm³/mol. The monoisotopic (exact) mass is 368 g/mol. The molecule has 0 unspecified atom stereocenters. The Bertz CT molecular complexity index is 620. The van der Waals surface area contributed by atoms with Gasteiger partial charge in [-0.05, 0) is 34.8 Å². The summed E-state index contributed by atoms with van der Waals surface area (Å²) in [6.45, 7) is 15.5. The average molecular weight is 369 g/mol. The molecule has 2 nitrogen and oxygen atoms in total. The van der Waals surface area contributed by atoms with Crippen LogP contribution < -0.4 is 0 Å². The first-order valence-electron chi connectivity index (χ1n) is 8.94. The summed E-state index contributed by atoms with van der Waals surface area (Å²) in [5.74, 6) is 0. The Morgan fingerprint density at radius 3 is 1.48 bits per heavy atom. The van der Waals surface area contributed by atoms with Gasteiger partial charge in [0.2, 0.25) is 0 Å². The molecule has 27 heavy (non-hydrogen) atoms. The molecule has 0 saturated heterocycles. The molecule has 0 atom stereocenters. The molecule has 0 aromatic heterocycles. The van der Waals surface area contributed by atoms with Crippen molar-refractivity contribution in [3.05, 3.63) is 78.4 Å². The van der Waals surface area contributed by atoms with Gasteiger partial charge < -0.3 is 4.79 Å². The Morgan fingerprint density at radius 2 is 1.15 bits per heavy atom. The standard InChI is InChI=1S/C12H16O.C11H16.CO.CH4/c1-12(2,8-9-13)10-11-6-4-3-5-7-11;1-11(2,3)9-10-7-5-4-6-8-10;1-2;/h3-7,9H,8,10H2,1-2H3;4-8H,9H2,1-3H3;;1H4. The molecule has 2 aromatic carbocycles. The first kappa shape index (κ1) is 27.1. The van der Waals surface area contributed by atoms with Crippen molar-refractivity contribution in [3.8, 4) is 0 Å². The normalized spacial score (nSPS) is 10.2. The Kier molecular flexibility index (Phi) is 14.0. The Hall–Kier alpha value is -2.15. The van der Waals surface area contributed by atoms with Crippen LogP contribution in [0, 0.1) is 17.5 Å². The van der Waals surface area contributed by atoms with Crippen molar-refractivity contribution in [2.24, 2.45) is 10.8 Å². The summed E-state index contributed by atoms with van der Waals surface area (Å²) in [5.41, 5.74) is 3.22. The fraction of sp³-hybridized carbons (Fsp3) is 0.440. The summed E-state index contributed by atoms with van der Waals surface area (Å²) in [4.78, 5) is 10.4. The van der Waals surface area contributed by atoms with Crippen molar-refractivity contribution in [1.82, 2.24) is 0 Å². The maximum atomic E-state index is 10.4. The van der Waals surface area contributed by atoms with E-state index in [0.717, 1.165) is 19.1 Å². The minimum atomic E-state index is 0. The molecule has 0 fully saturated rings. The van der Waals surface area contributed by atoms with Gasteiger partial charge in [-0.25, -0.2) is 0 Å². The van der Waals surface area contributed by atoms with Gasteiger partial charge in [-0.15, -0.1) is 0 Å². The SMILES string of the molecule is C.CC(C)(C)Cc1ccccc1.CC(C)(CC=O)Cc1ccccc1.[C-]#[O+]. The van der Waals surface area contributed by atoms with E-state index in [-0.39, 0.29) is 12.8 Å². The van der Waals surface area contributed by atoms with E-state index >= 15 is 0 Å². The van der Waals surface area contributed by atoms with Gasteiger partial charge in [0.15, 0.2) is 0 Å². The molecule has 0 saturated carbocycles. The molecule has 0 aliphatic heterocycles. The van der Waals surface area contributed by atoms with Crippen LogP contribution in [0.1, 0.15) is 59.6 Å². The third-order valence-electron chi connectivity index (χ3n) is 3.74. The minimum absolute atomic E-state index is 0. The van der Waals surface area contributed by atoms with Crippen LogP contribution in [0.3, 0.4) is 0 Å². The van der Waals surface area contributed by atoms with E-state index in [2.05, 4.69) is 83.7 Å². The van der Waals surface area contributed by atoms with E-state index in [4.69, 9.17) is 4.65 Å². The van der Waals surface area contributed by atoms with Gasteiger partial charge in [-0.1, -0.05) is 103 Å². The van der Waals surface area contributed by atoms with E-state index < -0.39 is 0 Å².